The van der Waals surface area contributed by atoms with E-state index in [-0.39, 0.29) is 17.1 Å². The van der Waals surface area contributed by atoms with Gasteiger partial charge in [0, 0.05) is 33.4 Å². The van der Waals surface area contributed by atoms with Gasteiger partial charge < -0.3 is 5.11 Å². The highest BCUT2D eigenvalue weighted by Crippen LogP contribution is 2.42. The van der Waals surface area contributed by atoms with Crippen LogP contribution in [-0.4, -0.2) is 15.5 Å². The standard InChI is InChI=1S/C18H17BrN2O2/c1-10-16-14(7-18(2,3)8-15(16)22)21(17(10)23)12-5-4-11(9-20)13(19)6-12/h4-6,23H,7-8H2,1-3H3. The van der Waals surface area contributed by atoms with Gasteiger partial charge >= 0.3 is 0 Å². The van der Waals surface area contributed by atoms with Gasteiger partial charge in [0.15, 0.2) is 11.7 Å². The van der Waals surface area contributed by atoms with Gasteiger partial charge in [-0.2, -0.15) is 5.26 Å². The normalized spacial score (nSPS) is 16.0. The number of aromatic nitrogens is 1. The largest absolute Gasteiger partial charge is 0.494 e. The molecule has 23 heavy (non-hydrogen) atoms. The fraction of sp³-hybridized carbons (Fsp3) is 0.333. The van der Waals surface area contributed by atoms with Crippen LogP contribution in [0.5, 0.6) is 5.88 Å². The zero-order valence-corrected chi connectivity index (χ0v) is 14.9. The maximum Gasteiger partial charge on any atom is 0.199 e. The third-order valence-electron chi connectivity index (χ3n) is 4.38. The summed E-state index contributed by atoms with van der Waals surface area (Å²) < 4.78 is 2.40. The number of ketones is 1. The number of hydrogen-bond donors (Lipinski definition) is 1. The minimum atomic E-state index is -0.136. The van der Waals surface area contributed by atoms with Crippen LogP contribution in [0.15, 0.2) is 22.7 Å². The summed E-state index contributed by atoms with van der Waals surface area (Å²) in [7, 11) is 0. The quantitative estimate of drug-likeness (QED) is 0.811. The van der Waals surface area contributed by atoms with E-state index in [1.54, 1.807) is 29.7 Å². The molecule has 0 atom stereocenters. The lowest BCUT2D eigenvalue weighted by Gasteiger charge is -2.29. The molecule has 0 spiro atoms. The van der Waals surface area contributed by atoms with E-state index in [4.69, 9.17) is 5.26 Å². The Kier molecular flexibility index (Phi) is 3.61. The van der Waals surface area contributed by atoms with Crippen molar-refractivity contribution in [2.24, 2.45) is 5.41 Å². The predicted octanol–water partition coefficient (Wildman–Crippen LogP) is 4.28. The van der Waals surface area contributed by atoms with Gasteiger partial charge in [-0.1, -0.05) is 13.8 Å². The Balaban J connectivity index is 2.26. The van der Waals surface area contributed by atoms with E-state index < -0.39 is 0 Å². The fourth-order valence-electron chi connectivity index (χ4n) is 3.32. The lowest BCUT2D eigenvalue weighted by molar-refractivity contribution is 0.0910. The summed E-state index contributed by atoms with van der Waals surface area (Å²) in [5.74, 6) is 0.174. The average Bonchev–Trinajstić information content (AvgIpc) is 2.69. The number of benzene rings is 1. The van der Waals surface area contributed by atoms with Crippen LogP contribution in [0.1, 0.15) is 47.4 Å². The molecule has 1 heterocycles. The van der Waals surface area contributed by atoms with E-state index in [9.17, 15) is 9.90 Å². The first kappa shape index (κ1) is 15.8. The van der Waals surface area contributed by atoms with E-state index in [0.717, 1.165) is 11.4 Å². The van der Waals surface area contributed by atoms with E-state index in [0.29, 0.717) is 34.0 Å². The van der Waals surface area contributed by atoms with Gasteiger partial charge in [0.1, 0.15) is 6.07 Å². The molecule has 1 N–H and O–H groups in total. The number of carbonyl (C=O) groups excluding carboxylic acids is 1. The fourth-order valence-corrected chi connectivity index (χ4v) is 3.78. The molecular weight excluding hydrogens is 356 g/mol. The number of rotatable bonds is 1. The third-order valence-corrected chi connectivity index (χ3v) is 5.03. The second kappa shape index (κ2) is 5.24. The van der Waals surface area contributed by atoms with Crippen molar-refractivity contribution in [2.75, 3.05) is 0 Å². The average molecular weight is 373 g/mol. The first-order valence-electron chi connectivity index (χ1n) is 7.41. The maximum absolute atomic E-state index is 12.5. The molecule has 0 amide bonds. The number of Topliss-reactive ketones (excluding diaryl/α,β-unsaturated/α-hetero) is 1. The molecule has 0 aliphatic heterocycles. The van der Waals surface area contributed by atoms with E-state index in [1.807, 2.05) is 0 Å². The maximum atomic E-state index is 12.5. The molecule has 0 saturated carbocycles. The van der Waals surface area contributed by atoms with Gasteiger partial charge in [0.05, 0.1) is 5.56 Å². The Morgan fingerprint density at radius 1 is 1.35 bits per heavy atom. The van der Waals surface area contributed by atoms with Crippen LogP contribution >= 0.6 is 15.9 Å². The van der Waals surface area contributed by atoms with Gasteiger partial charge in [-0.25, -0.2) is 0 Å². The minimum absolute atomic E-state index is 0.0792. The van der Waals surface area contributed by atoms with Gasteiger partial charge in [0.2, 0.25) is 0 Å². The number of nitriles is 1. The molecule has 0 fully saturated rings. The van der Waals surface area contributed by atoms with Crippen molar-refractivity contribution in [1.82, 2.24) is 4.57 Å². The Morgan fingerprint density at radius 3 is 2.65 bits per heavy atom. The molecule has 5 heteroatoms. The lowest BCUT2D eigenvalue weighted by atomic mass is 9.75. The van der Waals surface area contributed by atoms with Crippen molar-refractivity contribution >= 4 is 21.7 Å². The molecule has 0 radical (unpaired) electrons. The number of carbonyl (C=O) groups is 1. The minimum Gasteiger partial charge on any atom is -0.494 e. The molecule has 3 rings (SSSR count). The topological polar surface area (TPSA) is 66.0 Å². The highest BCUT2D eigenvalue weighted by Gasteiger charge is 2.36. The molecule has 1 aromatic carbocycles. The number of hydrogen-bond acceptors (Lipinski definition) is 3. The molecule has 1 aliphatic rings. The molecule has 1 aliphatic carbocycles. The number of aromatic hydroxyl groups is 1. The smallest absolute Gasteiger partial charge is 0.199 e. The Labute approximate surface area is 143 Å². The highest BCUT2D eigenvalue weighted by atomic mass is 79.9. The van der Waals surface area contributed by atoms with Crippen molar-refractivity contribution in [3.8, 4) is 17.6 Å². The van der Waals surface area contributed by atoms with Crippen molar-refractivity contribution < 1.29 is 9.90 Å². The van der Waals surface area contributed by atoms with Gasteiger partial charge in [0.25, 0.3) is 0 Å². The molecule has 0 unspecified atom stereocenters. The van der Waals surface area contributed by atoms with E-state index in [1.165, 1.54) is 0 Å². The van der Waals surface area contributed by atoms with Crippen LogP contribution in [0.4, 0.5) is 0 Å². The van der Waals surface area contributed by atoms with Crippen molar-refractivity contribution in [3.05, 3.63) is 45.1 Å². The van der Waals surface area contributed by atoms with Crippen LogP contribution in [0.2, 0.25) is 0 Å². The zero-order valence-electron chi connectivity index (χ0n) is 13.3. The SMILES string of the molecule is Cc1c2c(n(-c3ccc(C#N)c(Br)c3)c1O)CC(C)(C)CC2=O. The lowest BCUT2D eigenvalue weighted by Crippen LogP contribution is -2.28. The summed E-state index contributed by atoms with van der Waals surface area (Å²) in [4.78, 5) is 12.5. The Hall–Kier alpha value is -2.06. The van der Waals surface area contributed by atoms with Crippen LogP contribution in [-0.2, 0) is 6.42 Å². The van der Waals surface area contributed by atoms with E-state index >= 15 is 0 Å². The number of halogens is 1. The summed E-state index contributed by atoms with van der Waals surface area (Å²) in [5, 5.41) is 19.6. The van der Waals surface area contributed by atoms with Crippen LogP contribution in [0.3, 0.4) is 0 Å². The molecule has 118 valence electrons. The van der Waals surface area contributed by atoms with Gasteiger partial charge in [-0.3, -0.25) is 9.36 Å². The monoisotopic (exact) mass is 372 g/mol. The van der Waals surface area contributed by atoms with Crippen molar-refractivity contribution in [3.63, 3.8) is 0 Å². The predicted molar refractivity (Wildman–Crippen MR) is 91.0 cm³/mol. The highest BCUT2D eigenvalue weighted by molar-refractivity contribution is 9.10. The summed E-state index contributed by atoms with van der Waals surface area (Å²) in [6, 6.07) is 7.39. The number of fused-ring (bicyclic) bond motifs is 1. The molecule has 0 saturated heterocycles. The third kappa shape index (κ3) is 2.47. The molecule has 1 aromatic heterocycles. The Bertz CT molecular complexity index is 872. The van der Waals surface area contributed by atoms with Crippen molar-refractivity contribution in [1.29, 1.82) is 5.26 Å². The Morgan fingerprint density at radius 2 is 2.04 bits per heavy atom. The van der Waals surface area contributed by atoms with E-state index in [2.05, 4.69) is 35.8 Å². The van der Waals surface area contributed by atoms with Gasteiger partial charge in [-0.15, -0.1) is 0 Å². The summed E-state index contributed by atoms with van der Waals surface area (Å²) in [5.41, 5.74) is 3.25. The summed E-state index contributed by atoms with van der Waals surface area (Å²) in [6.45, 7) is 5.90. The molecular formula is C18H17BrN2O2. The first-order chi connectivity index (χ1) is 10.7. The second-order valence-electron chi connectivity index (χ2n) is 6.82. The zero-order chi connectivity index (χ0) is 16.9. The second-order valence-corrected chi connectivity index (χ2v) is 7.68. The molecule has 2 aromatic rings. The first-order valence-corrected chi connectivity index (χ1v) is 8.21. The van der Waals surface area contributed by atoms with Crippen LogP contribution in [0, 0.1) is 23.7 Å². The molecule has 4 nitrogen and oxygen atoms in total. The van der Waals surface area contributed by atoms with Crippen LogP contribution in [0.25, 0.3) is 5.69 Å². The summed E-state index contributed by atoms with van der Waals surface area (Å²) in [6.07, 6.45) is 1.20. The summed E-state index contributed by atoms with van der Waals surface area (Å²) >= 11 is 3.38. The number of nitrogens with zero attached hydrogens (tertiary/aromatic N) is 2. The van der Waals surface area contributed by atoms with Gasteiger partial charge in [-0.05, 0) is 52.9 Å². The molecule has 0 bridgehead atoms. The van der Waals surface area contributed by atoms with Crippen molar-refractivity contribution in [2.45, 2.75) is 33.6 Å². The van der Waals surface area contributed by atoms with Crippen LogP contribution < -0.4 is 0 Å².